The minimum atomic E-state index is 1.11. The third kappa shape index (κ3) is 2.28. The molecule has 0 aromatic heterocycles. The van der Waals surface area contributed by atoms with Crippen LogP contribution in [0.3, 0.4) is 0 Å². The van der Waals surface area contributed by atoms with Crippen LogP contribution in [-0.2, 0) is 6.42 Å². The van der Waals surface area contributed by atoms with Crippen molar-refractivity contribution in [3.63, 3.8) is 0 Å². The largest absolute Gasteiger partial charge is 0.143 e. The highest BCUT2D eigenvalue weighted by atomic mass is 32.1. The minimum Gasteiger partial charge on any atom is -0.143 e. The fourth-order valence-electron chi connectivity index (χ4n) is 1.31. The zero-order chi connectivity index (χ0) is 8.97. The third-order valence-electron chi connectivity index (χ3n) is 2.22. The molecule has 0 aliphatic carbocycles. The summed E-state index contributed by atoms with van der Waals surface area (Å²) in [5.41, 5.74) is 2.79. The fraction of sp³-hybridized carbons (Fsp3) is 0.455. The normalized spacial score (nSPS) is 10.2. The van der Waals surface area contributed by atoms with Crippen LogP contribution in [0.15, 0.2) is 23.1 Å². The van der Waals surface area contributed by atoms with E-state index in [0.29, 0.717) is 0 Å². The Bertz CT molecular complexity index is 253. The van der Waals surface area contributed by atoms with Crippen LogP contribution in [0.25, 0.3) is 0 Å². The van der Waals surface area contributed by atoms with Gasteiger partial charge in [-0.2, -0.15) is 0 Å². The van der Waals surface area contributed by atoms with Crippen molar-refractivity contribution in [1.29, 1.82) is 0 Å². The molecular weight excluding hydrogens is 164 g/mol. The number of unbranched alkanes of at least 4 members (excludes halogenated alkanes) is 1. The van der Waals surface area contributed by atoms with Crippen LogP contribution in [-0.4, -0.2) is 0 Å². The smallest absolute Gasteiger partial charge is 0.00719 e. The van der Waals surface area contributed by atoms with E-state index in [0.717, 1.165) is 4.90 Å². The molecule has 0 N–H and O–H groups in total. The Kier molecular flexibility index (Phi) is 3.67. The first-order valence-electron chi connectivity index (χ1n) is 4.53. The average Bonchev–Trinajstić information content (AvgIpc) is 2.08. The number of hydrogen-bond acceptors (Lipinski definition) is 1. The molecule has 0 radical (unpaired) electrons. The second-order valence-corrected chi connectivity index (χ2v) is 3.65. The summed E-state index contributed by atoms with van der Waals surface area (Å²) in [5.74, 6) is 0. The zero-order valence-electron chi connectivity index (χ0n) is 7.80. The number of aryl methyl sites for hydroxylation is 1. The Labute approximate surface area is 80.4 Å². The monoisotopic (exact) mass is 180 g/mol. The molecule has 0 bridgehead atoms. The highest BCUT2D eigenvalue weighted by Gasteiger charge is 1.99. The molecule has 0 amide bonds. The SMILES string of the molecule is CCCCc1cccc(S)c1C. The molecule has 1 aromatic rings. The van der Waals surface area contributed by atoms with Crippen molar-refractivity contribution in [1.82, 2.24) is 0 Å². The van der Waals surface area contributed by atoms with Crippen molar-refractivity contribution < 1.29 is 0 Å². The van der Waals surface area contributed by atoms with Gasteiger partial charge in [0.15, 0.2) is 0 Å². The van der Waals surface area contributed by atoms with Crippen molar-refractivity contribution in [2.45, 2.75) is 38.0 Å². The molecule has 0 saturated carbocycles. The predicted octanol–water partition coefficient (Wildman–Crippen LogP) is 3.63. The van der Waals surface area contributed by atoms with Gasteiger partial charge in [0.25, 0.3) is 0 Å². The molecule has 0 unspecified atom stereocenters. The van der Waals surface area contributed by atoms with E-state index >= 15 is 0 Å². The Morgan fingerprint density at radius 3 is 2.75 bits per heavy atom. The first-order chi connectivity index (χ1) is 5.75. The van der Waals surface area contributed by atoms with Crippen LogP contribution in [0.4, 0.5) is 0 Å². The number of benzene rings is 1. The van der Waals surface area contributed by atoms with Crippen molar-refractivity contribution in [2.24, 2.45) is 0 Å². The first kappa shape index (κ1) is 9.66. The highest BCUT2D eigenvalue weighted by molar-refractivity contribution is 7.80. The van der Waals surface area contributed by atoms with Gasteiger partial charge in [0.05, 0.1) is 0 Å². The Morgan fingerprint density at radius 1 is 1.33 bits per heavy atom. The Hall–Kier alpha value is -0.430. The number of hydrogen-bond donors (Lipinski definition) is 1. The predicted molar refractivity (Wildman–Crippen MR) is 57.0 cm³/mol. The lowest BCUT2D eigenvalue weighted by atomic mass is 10.0. The average molecular weight is 180 g/mol. The van der Waals surface area contributed by atoms with Gasteiger partial charge in [0.2, 0.25) is 0 Å². The van der Waals surface area contributed by atoms with Gasteiger partial charge in [-0.3, -0.25) is 0 Å². The molecule has 0 nitrogen and oxygen atoms in total. The molecular formula is C11H16S. The summed E-state index contributed by atoms with van der Waals surface area (Å²) in [6.45, 7) is 4.37. The molecule has 0 spiro atoms. The van der Waals surface area contributed by atoms with Crippen LogP contribution in [0.2, 0.25) is 0 Å². The summed E-state index contributed by atoms with van der Waals surface area (Å²) in [4.78, 5) is 1.11. The maximum absolute atomic E-state index is 4.39. The molecule has 0 aliphatic rings. The summed E-state index contributed by atoms with van der Waals surface area (Å²) in [5, 5.41) is 0. The molecule has 1 aromatic carbocycles. The highest BCUT2D eigenvalue weighted by Crippen LogP contribution is 2.18. The first-order valence-corrected chi connectivity index (χ1v) is 4.98. The summed E-state index contributed by atoms with van der Waals surface area (Å²) in [6, 6.07) is 6.33. The maximum atomic E-state index is 4.39. The van der Waals surface area contributed by atoms with Gasteiger partial charge in [-0.1, -0.05) is 25.5 Å². The van der Waals surface area contributed by atoms with Crippen molar-refractivity contribution in [2.75, 3.05) is 0 Å². The Morgan fingerprint density at radius 2 is 2.08 bits per heavy atom. The molecule has 0 aliphatic heterocycles. The lowest BCUT2D eigenvalue weighted by Gasteiger charge is -2.06. The van der Waals surface area contributed by atoms with E-state index in [4.69, 9.17) is 0 Å². The van der Waals surface area contributed by atoms with E-state index in [1.165, 1.54) is 30.4 Å². The van der Waals surface area contributed by atoms with E-state index in [9.17, 15) is 0 Å². The number of thiol groups is 1. The topological polar surface area (TPSA) is 0 Å². The van der Waals surface area contributed by atoms with Gasteiger partial charge in [-0.25, -0.2) is 0 Å². The number of rotatable bonds is 3. The Balaban J connectivity index is 2.78. The second-order valence-electron chi connectivity index (χ2n) is 3.16. The molecule has 1 heteroatoms. The quantitative estimate of drug-likeness (QED) is 0.675. The van der Waals surface area contributed by atoms with Crippen molar-refractivity contribution in [3.05, 3.63) is 29.3 Å². The standard InChI is InChI=1S/C11H16S/c1-3-4-6-10-7-5-8-11(12)9(10)2/h5,7-8,12H,3-4,6H2,1-2H3. The van der Waals surface area contributed by atoms with Gasteiger partial charge in [-0.15, -0.1) is 12.6 Å². The summed E-state index contributed by atoms with van der Waals surface area (Å²) in [7, 11) is 0. The summed E-state index contributed by atoms with van der Waals surface area (Å²) >= 11 is 4.39. The van der Waals surface area contributed by atoms with Crippen LogP contribution in [0, 0.1) is 6.92 Å². The van der Waals surface area contributed by atoms with Crippen LogP contribution in [0.1, 0.15) is 30.9 Å². The lowest BCUT2D eigenvalue weighted by molar-refractivity contribution is 0.789. The third-order valence-corrected chi connectivity index (χ3v) is 2.70. The molecule has 0 saturated heterocycles. The van der Waals surface area contributed by atoms with Gasteiger partial charge in [0, 0.05) is 4.90 Å². The molecule has 0 heterocycles. The minimum absolute atomic E-state index is 1.11. The lowest BCUT2D eigenvalue weighted by Crippen LogP contribution is -1.89. The maximum Gasteiger partial charge on any atom is 0.00719 e. The van der Waals surface area contributed by atoms with Crippen LogP contribution in [0.5, 0.6) is 0 Å². The van der Waals surface area contributed by atoms with Gasteiger partial charge in [0.1, 0.15) is 0 Å². The van der Waals surface area contributed by atoms with Gasteiger partial charge in [-0.05, 0) is 37.0 Å². The van der Waals surface area contributed by atoms with E-state index in [2.05, 4.69) is 38.6 Å². The van der Waals surface area contributed by atoms with E-state index in [1.807, 2.05) is 6.07 Å². The van der Waals surface area contributed by atoms with E-state index in [1.54, 1.807) is 0 Å². The van der Waals surface area contributed by atoms with E-state index < -0.39 is 0 Å². The zero-order valence-corrected chi connectivity index (χ0v) is 8.70. The molecule has 66 valence electrons. The van der Waals surface area contributed by atoms with Gasteiger partial charge >= 0.3 is 0 Å². The van der Waals surface area contributed by atoms with Gasteiger partial charge < -0.3 is 0 Å². The van der Waals surface area contributed by atoms with Crippen LogP contribution >= 0.6 is 12.6 Å². The van der Waals surface area contributed by atoms with Crippen LogP contribution < -0.4 is 0 Å². The van der Waals surface area contributed by atoms with Crippen molar-refractivity contribution in [3.8, 4) is 0 Å². The summed E-state index contributed by atoms with van der Waals surface area (Å²) < 4.78 is 0. The molecule has 1 rings (SSSR count). The van der Waals surface area contributed by atoms with E-state index in [-0.39, 0.29) is 0 Å². The second kappa shape index (κ2) is 4.56. The molecule has 0 fully saturated rings. The fourth-order valence-corrected chi connectivity index (χ4v) is 1.54. The summed E-state index contributed by atoms with van der Waals surface area (Å²) in [6.07, 6.45) is 3.73. The van der Waals surface area contributed by atoms with Crippen molar-refractivity contribution >= 4 is 12.6 Å². The molecule has 12 heavy (non-hydrogen) atoms. The molecule has 0 atom stereocenters.